The molecule has 2 fully saturated rings. The summed E-state index contributed by atoms with van der Waals surface area (Å²) in [5.41, 5.74) is 0. The smallest absolute Gasteiger partial charge is 0.330 e. The van der Waals surface area contributed by atoms with Crippen LogP contribution in [0, 0.1) is 0 Å². The van der Waals surface area contributed by atoms with E-state index in [1.54, 1.807) is 6.08 Å². The molecule has 20 heavy (non-hydrogen) atoms. The SMILES string of the molecule is C=CC(=O)OCC=C(OC1CCCC1)OC1CCCC1. The van der Waals surface area contributed by atoms with Crippen LogP contribution >= 0.6 is 0 Å². The number of hydrogen-bond acceptors (Lipinski definition) is 4. The summed E-state index contributed by atoms with van der Waals surface area (Å²) in [6, 6.07) is 0. The molecule has 2 saturated carbocycles. The first-order valence-electron chi connectivity index (χ1n) is 7.60. The van der Waals surface area contributed by atoms with E-state index in [1.807, 2.05) is 0 Å². The summed E-state index contributed by atoms with van der Waals surface area (Å²) >= 11 is 0. The number of hydrogen-bond donors (Lipinski definition) is 0. The van der Waals surface area contributed by atoms with Crippen molar-refractivity contribution in [2.75, 3.05) is 6.61 Å². The van der Waals surface area contributed by atoms with Gasteiger partial charge < -0.3 is 14.2 Å². The number of ether oxygens (including phenoxy) is 3. The van der Waals surface area contributed by atoms with Gasteiger partial charge in [-0.3, -0.25) is 0 Å². The zero-order valence-corrected chi connectivity index (χ0v) is 12.0. The third-order valence-electron chi connectivity index (χ3n) is 3.81. The zero-order chi connectivity index (χ0) is 14.2. The Hall–Kier alpha value is -1.45. The average molecular weight is 280 g/mol. The lowest BCUT2D eigenvalue weighted by molar-refractivity contribution is -0.136. The van der Waals surface area contributed by atoms with E-state index in [0.29, 0.717) is 5.95 Å². The van der Waals surface area contributed by atoms with E-state index in [2.05, 4.69) is 6.58 Å². The minimum Gasteiger partial charge on any atom is -0.462 e. The van der Waals surface area contributed by atoms with Crippen LogP contribution in [0.2, 0.25) is 0 Å². The summed E-state index contributed by atoms with van der Waals surface area (Å²) in [6.45, 7) is 3.53. The van der Waals surface area contributed by atoms with E-state index in [4.69, 9.17) is 14.2 Å². The molecule has 2 rings (SSSR count). The highest BCUT2D eigenvalue weighted by atomic mass is 16.7. The molecule has 0 amide bonds. The lowest BCUT2D eigenvalue weighted by atomic mass is 10.3. The van der Waals surface area contributed by atoms with Crippen LogP contribution in [0.1, 0.15) is 51.4 Å². The van der Waals surface area contributed by atoms with Crippen LogP contribution in [0.3, 0.4) is 0 Å². The molecule has 0 unspecified atom stereocenters. The summed E-state index contributed by atoms with van der Waals surface area (Å²) < 4.78 is 16.8. The third-order valence-corrected chi connectivity index (χ3v) is 3.81. The van der Waals surface area contributed by atoms with E-state index < -0.39 is 5.97 Å². The molecule has 0 aromatic heterocycles. The predicted octanol–water partition coefficient (Wildman–Crippen LogP) is 3.48. The lowest BCUT2D eigenvalue weighted by Gasteiger charge is -2.20. The average Bonchev–Trinajstić information content (AvgIpc) is 3.12. The Bertz CT molecular complexity index is 329. The molecule has 0 bridgehead atoms. The molecule has 0 saturated heterocycles. The van der Waals surface area contributed by atoms with E-state index >= 15 is 0 Å². The second-order valence-electron chi connectivity index (χ2n) is 5.41. The third kappa shape index (κ3) is 4.91. The predicted molar refractivity (Wildman–Crippen MR) is 75.9 cm³/mol. The van der Waals surface area contributed by atoms with Gasteiger partial charge in [-0.2, -0.15) is 0 Å². The van der Waals surface area contributed by atoms with Crippen LogP contribution in [0.25, 0.3) is 0 Å². The topological polar surface area (TPSA) is 44.8 Å². The second kappa shape index (κ2) is 7.98. The minimum atomic E-state index is -0.428. The van der Waals surface area contributed by atoms with E-state index in [1.165, 1.54) is 25.7 Å². The van der Waals surface area contributed by atoms with Crippen molar-refractivity contribution in [3.63, 3.8) is 0 Å². The van der Waals surface area contributed by atoms with Crippen molar-refractivity contribution in [3.05, 3.63) is 24.7 Å². The maximum absolute atomic E-state index is 11.0. The van der Waals surface area contributed by atoms with Gasteiger partial charge in [0.25, 0.3) is 5.95 Å². The van der Waals surface area contributed by atoms with Crippen molar-refractivity contribution in [3.8, 4) is 0 Å². The van der Waals surface area contributed by atoms with Gasteiger partial charge in [0.05, 0.1) is 0 Å². The number of carbonyl (C=O) groups is 1. The lowest BCUT2D eigenvalue weighted by Crippen LogP contribution is -2.15. The van der Waals surface area contributed by atoms with Crippen LogP contribution in [0.15, 0.2) is 24.7 Å². The largest absolute Gasteiger partial charge is 0.462 e. The van der Waals surface area contributed by atoms with Gasteiger partial charge >= 0.3 is 5.97 Å². The molecule has 112 valence electrons. The van der Waals surface area contributed by atoms with E-state index in [0.717, 1.165) is 31.8 Å². The Balaban J connectivity index is 1.85. The fourth-order valence-corrected chi connectivity index (χ4v) is 2.72. The van der Waals surface area contributed by atoms with Crippen molar-refractivity contribution in [1.29, 1.82) is 0 Å². The zero-order valence-electron chi connectivity index (χ0n) is 12.0. The monoisotopic (exact) mass is 280 g/mol. The van der Waals surface area contributed by atoms with Gasteiger partial charge in [-0.25, -0.2) is 4.79 Å². The van der Waals surface area contributed by atoms with Gasteiger partial charge in [-0.15, -0.1) is 0 Å². The summed E-state index contributed by atoms with van der Waals surface area (Å²) in [4.78, 5) is 11.0. The Morgan fingerprint density at radius 3 is 1.95 bits per heavy atom. The van der Waals surface area contributed by atoms with Crippen molar-refractivity contribution in [2.24, 2.45) is 0 Å². The van der Waals surface area contributed by atoms with Gasteiger partial charge in [-0.05, 0) is 51.4 Å². The minimum absolute atomic E-state index is 0.166. The molecular formula is C16H24O4. The van der Waals surface area contributed by atoms with Gasteiger partial charge in [0.15, 0.2) is 0 Å². The molecule has 0 aromatic rings. The van der Waals surface area contributed by atoms with Crippen LogP contribution in [-0.4, -0.2) is 24.8 Å². The molecule has 0 radical (unpaired) electrons. The van der Waals surface area contributed by atoms with Crippen molar-refractivity contribution >= 4 is 5.97 Å². The molecule has 0 atom stereocenters. The van der Waals surface area contributed by atoms with Gasteiger partial charge in [0, 0.05) is 12.2 Å². The molecular weight excluding hydrogens is 256 g/mol. The first-order valence-corrected chi connectivity index (χ1v) is 7.60. The standard InChI is InChI=1S/C16H24O4/c1-2-15(17)18-12-11-16(19-13-7-3-4-8-13)20-14-9-5-6-10-14/h2,11,13-14H,1,3-10,12H2. The van der Waals surface area contributed by atoms with Crippen LogP contribution in [0.4, 0.5) is 0 Å². The fourth-order valence-electron chi connectivity index (χ4n) is 2.72. The molecule has 0 aliphatic heterocycles. The number of carbonyl (C=O) groups excluding carboxylic acids is 1. The Kier molecular flexibility index (Phi) is 5.96. The fraction of sp³-hybridized carbons (Fsp3) is 0.688. The van der Waals surface area contributed by atoms with Crippen LogP contribution < -0.4 is 0 Å². The molecule has 0 N–H and O–H groups in total. The van der Waals surface area contributed by atoms with Crippen molar-refractivity contribution < 1.29 is 19.0 Å². The highest BCUT2D eigenvalue weighted by Gasteiger charge is 2.22. The molecule has 2 aliphatic rings. The first-order chi connectivity index (χ1) is 9.78. The van der Waals surface area contributed by atoms with Crippen molar-refractivity contribution in [1.82, 2.24) is 0 Å². The summed E-state index contributed by atoms with van der Waals surface area (Å²) in [5, 5.41) is 0. The molecule has 0 spiro atoms. The molecule has 0 heterocycles. The van der Waals surface area contributed by atoms with Gasteiger partial charge in [0.1, 0.15) is 18.8 Å². The van der Waals surface area contributed by atoms with Gasteiger partial charge in [-0.1, -0.05) is 6.58 Å². The summed E-state index contributed by atoms with van der Waals surface area (Å²) in [5.74, 6) is 0.1000. The highest BCUT2D eigenvalue weighted by Crippen LogP contribution is 2.27. The van der Waals surface area contributed by atoms with Crippen molar-refractivity contribution in [2.45, 2.75) is 63.6 Å². The first kappa shape index (κ1) is 14.9. The second-order valence-corrected chi connectivity index (χ2v) is 5.41. The number of rotatable bonds is 7. The number of esters is 1. The summed E-state index contributed by atoms with van der Waals surface area (Å²) in [7, 11) is 0. The Labute approximate surface area is 120 Å². The maximum Gasteiger partial charge on any atom is 0.330 e. The van der Waals surface area contributed by atoms with Crippen LogP contribution in [-0.2, 0) is 19.0 Å². The molecule has 2 aliphatic carbocycles. The Morgan fingerprint density at radius 2 is 1.50 bits per heavy atom. The highest BCUT2D eigenvalue weighted by molar-refractivity contribution is 5.81. The normalized spacial score (nSPS) is 19.6. The maximum atomic E-state index is 11.0. The van der Waals surface area contributed by atoms with Crippen LogP contribution in [0.5, 0.6) is 0 Å². The molecule has 0 aromatic carbocycles. The Morgan fingerprint density at radius 1 is 1.00 bits per heavy atom. The van der Waals surface area contributed by atoms with E-state index in [-0.39, 0.29) is 18.8 Å². The quantitative estimate of drug-likeness (QED) is 0.407. The molecule has 4 nitrogen and oxygen atoms in total. The summed E-state index contributed by atoms with van der Waals surface area (Å²) in [6.07, 6.45) is 12.6. The van der Waals surface area contributed by atoms with Gasteiger partial charge in [0.2, 0.25) is 0 Å². The van der Waals surface area contributed by atoms with E-state index in [9.17, 15) is 4.79 Å². The molecule has 4 heteroatoms.